The number of para-hydroxylation sites is 2. The first-order valence-electron chi connectivity index (χ1n) is 4.24. The summed E-state index contributed by atoms with van der Waals surface area (Å²) in [5, 5.41) is 10.5. The van der Waals surface area contributed by atoms with Crippen LogP contribution >= 0.6 is 0 Å². The lowest BCUT2D eigenvalue weighted by atomic mass is 10.3. The maximum atomic E-state index is 4.86. The van der Waals surface area contributed by atoms with E-state index < -0.39 is 0 Å². The molecule has 6 heteroatoms. The molecule has 2 N–H and O–H groups in total. The van der Waals surface area contributed by atoms with Gasteiger partial charge in [0.05, 0.1) is 17.2 Å². The SMILES string of the molecule is NN=CN=Nc1cnc2ccccc2n1. The van der Waals surface area contributed by atoms with Crippen molar-refractivity contribution < 1.29 is 0 Å². The quantitative estimate of drug-likeness (QED) is 0.262. The highest BCUT2D eigenvalue weighted by Gasteiger charge is 1.96. The second kappa shape index (κ2) is 4.23. The molecule has 6 nitrogen and oxygen atoms in total. The molecule has 0 saturated carbocycles. The number of hydrogen-bond acceptors (Lipinski definition) is 5. The van der Waals surface area contributed by atoms with E-state index in [2.05, 4.69) is 25.3 Å². The lowest BCUT2D eigenvalue weighted by Crippen LogP contribution is -1.82. The summed E-state index contributed by atoms with van der Waals surface area (Å²) in [6.07, 6.45) is 2.67. The van der Waals surface area contributed by atoms with Gasteiger partial charge in [0.25, 0.3) is 0 Å². The number of azo groups is 1. The first-order chi connectivity index (χ1) is 7.40. The van der Waals surface area contributed by atoms with E-state index in [0.717, 1.165) is 17.4 Å². The normalized spacial score (nSPS) is 11.7. The number of hydrazone groups is 1. The van der Waals surface area contributed by atoms with Crippen LogP contribution in [0, 0.1) is 0 Å². The molecule has 1 aromatic heterocycles. The Hall–Kier alpha value is -2.37. The predicted octanol–water partition coefficient (Wildman–Crippen LogP) is 1.62. The molecule has 0 spiro atoms. The summed E-state index contributed by atoms with van der Waals surface area (Å²) in [4.78, 5) is 8.39. The summed E-state index contributed by atoms with van der Waals surface area (Å²) in [5.41, 5.74) is 1.60. The van der Waals surface area contributed by atoms with Gasteiger partial charge >= 0.3 is 0 Å². The molecule has 2 rings (SSSR count). The van der Waals surface area contributed by atoms with Crippen LogP contribution < -0.4 is 5.84 Å². The van der Waals surface area contributed by atoms with Crippen LogP contribution in [-0.2, 0) is 0 Å². The molecule has 15 heavy (non-hydrogen) atoms. The van der Waals surface area contributed by atoms with Crippen molar-refractivity contribution >= 4 is 23.2 Å². The first-order valence-corrected chi connectivity index (χ1v) is 4.24. The van der Waals surface area contributed by atoms with Crippen LogP contribution in [0.3, 0.4) is 0 Å². The van der Waals surface area contributed by atoms with E-state index in [1.54, 1.807) is 0 Å². The molecular weight excluding hydrogens is 192 g/mol. The third-order valence-corrected chi connectivity index (χ3v) is 1.71. The van der Waals surface area contributed by atoms with E-state index in [4.69, 9.17) is 5.84 Å². The number of nitrogens with two attached hydrogens (primary N) is 1. The van der Waals surface area contributed by atoms with Crippen molar-refractivity contribution in [3.63, 3.8) is 0 Å². The molecule has 0 aliphatic heterocycles. The average molecular weight is 200 g/mol. The van der Waals surface area contributed by atoms with Gasteiger partial charge < -0.3 is 5.84 Å². The highest BCUT2D eigenvalue weighted by atomic mass is 15.2. The van der Waals surface area contributed by atoms with E-state index in [-0.39, 0.29) is 0 Å². The number of rotatable bonds is 2. The van der Waals surface area contributed by atoms with Gasteiger partial charge in [-0.15, -0.1) is 10.2 Å². The van der Waals surface area contributed by atoms with Crippen LogP contribution in [0.25, 0.3) is 11.0 Å². The molecule has 0 aliphatic rings. The molecule has 0 saturated heterocycles. The summed E-state index contributed by atoms with van der Waals surface area (Å²) < 4.78 is 0. The van der Waals surface area contributed by atoms with E-state index in [1.165, 1.54) is 6.20 Å². The topological polar surface area (TPSA) is 88.9 Å². The van der Waals surface area contributed by atoms with Crippen molar-refractivity contribution in [2.24, 2.45) is 21.2 Å². The van der Waals surface area contributed by atoms with Crippen molar-refractivity contribution in [3.8, 4) is 0 Å². The Morgan fingerprint density at radius 1 is 1.20 bits per heavy atom. The second-order valence-electron chi connectivity index (χ2n) is 2.70. The summed E-state index contributed by atoms with van der Waals surface area (Å²) >= 11 is 0. The van der Waals surface area contributed by atoms with Crippen LogP contribution in [0.1, 0.15) is 0 Å². The number of hydrogen-bond donors (Lipinski definition) is 1. The molecule has 1 aromatic carbocycles. The molecule has 0 atom stereocenters. The van der Waals surface area contributed by atoms with Gasteiger partial charge in [-0.2, -0.15) is 5.10 Å². The smallest absolute Gasteiger partial charge is 0.193 e. The highest BCUT2D eigenvalue weighted by Crippen LogP contribution is 2.13. The third-order valence-electron chi connectivity index (χ3n) is 1.71. The maximum Gasteiger partial charge on any atom is 0.193 e. The van der Waals surface area contributed by atoms with Crippen molar-refractivity contribution in [1.29, 1.82) is 0 Å². The first kappa shape index (κ1) is 9.20. The molecule has 1 heterocycles. The molecule has 0 fully saturated rings. The summed E-state index contributed by atoms with van der Waals surface area (Å²) in [5.74, 6) is 5.29. The van der Waals surface area contributed by atoms with Crippen LogP contribution in [0.15, 0.2) is 45.8 Å². The standard InChI is InChI=1S/C9H8N6/c10-12-6-13-15-9-5-11-7-3-1-2-4-8(7)14-9/h1-6H,10H2. The van der Waals surface area contributed by atoms with Gasteiger partial charge in [0.2, 0.25) is 0 Å². The fourth-order valence-electron chi connectivity index (χ4n) is 1.11. The zero-order chi connectivity index (χ0) is 10.5. The molecular formula is C9H8N6. The van der Waals surface area contributed by atoms with Gasteiger partial charge in [0, 0.05) is 0 Å². The number of benzene rings is 1. The van der Waals surface area contributed by atoms with Crippen LogP contribution in [0.2, 0.25) is 0 Å². The summed E-state index contributed by atoms with van der Waals surface area (Å²) in [6, 6.07) is 7.53. The Morgan fingerprint density at radius 2 is 2.00 bits per heavy atom. The minimum atomic E-state index is 0.425. The van der Waals surface area contributed by atoms with Gasteiger partial charge in [-0.1, -0.05) is 12.1 Å². The minimum absolute atomic E-state index is 0.425. The van der Waals surface area contributed by atoms with E-state index in [9.17, 15) is 0 Å². The summed E-state index contributed by atoms with van der Waals surface area (Å²) in [7, 11) is 0. The zero-order valence-corrected chi connectivity index (χ0v) is 7.78. The largest absolute Gasteiger partial charge is 0.322 e. The van der Waals surface area contributed by atoms with Crippen molar-refractivity contribution in [2.75, 3.05) is 0 Å². The van der Waals surface area contributed by atoms with E-state index >= 15 is 0 Å². The summed E-state index contributed by atoms with van der Waals surface area (Å²) in [6.45, 7) is 0. The Kier molecular flexibility index (Phi) is 2.59. The van der Waals surface area contributed by atoms with E-state index in [0.29, 0.717) is 5.82 Å². The van der Waals surface area contributed by atoms with Crippen molar-refractivity contribution in [2.45, 2.75) is 0 Å². The molecule has 0 amide bonds. The average Bonchev–Trinajstić information content (AvgIpc) is 2.29. The predicted molar refractivity (Wildman–Crippen MR) is 56.7 cm³/mol. The fraction of sp³-hybridized carbons (Fsp3) is 0. The minimum Gasteiger partial charge on any atom is -0.322 e. The number of nitrogens with zero attached hydrogens (tertiary/aromatic N) is 5. The third kappa shape index (κ3) is 2.11. The lowest BCUT2D eigenvalue weighted by Gasteiger charge is -1.95. The molecule has 2 aromatic rings. The monoisotopic (exact) mass is 200 g/mol. The Bertz CT molecular complexity index is 519. The molecule has 74 valence electrons. The Morgan fingerprint density at radius 3 is 2.80 bits per heavy atom. The number of aromatic nitrogens is 2. The lowest BCUT2D eigenvalue weighted by molar-refractivity contribution is 1.16. The van der Waals surface area contributed by atoms with Gasteiger partial charge in [0.15, 0.2) is 12.2 Å². The van der Waals surface area contributed by atoms with Gasteiger partial charge in [0.1, 0.15) is 0 Å². The number of fused-ring (bicyclic) bond motifs is 1. The van der Waals surface area contributed by atoms with Gasteiger partial charge in [-0.3, -0.25) is 4.98 Å². The highest BCUT2D eigenvalue weighted by molar-refractivity contribution is 5.74. The molecule has 0 aliphatic carbocycles. The van der Waals surface area contributed by atoms with E-state index in [1.807, 2.05) is 24.3 Å². The van der Waals surface area contributed by atoms with Crippen molar-refractivity contribution in [1.82, 2.24) is 9.97 Å². The van der Waals surface area contributed by atoms with Crippen LogP contribution in [0.4, 0.5) is 5.82 Å². The van der Waals surface area contributed by atoms with Crippen LogP contribution in [-0.4, -0.2) is 16.3 Å². The molecule has 0 bridgehead atoms. The Labute approximate surface area is 85.6 Å². The van der Waals surface area contributed by atoms with Gasteiger partial charge in [-0.05, 0) is 12.1 Å². The zero-order valence-electron chi connectivity index (χ0n) is 7.78. The van der Waals surface area contributed by atoms with Crippen LogP contribution in [0.5, 0.6) is 0 Å². The maximum absolute atomic E-state index is 4.86. The fourth-order valence-corrected chi connectivity index (χ4v) is 1.11. The molecule has 0 radical (unpaired) electrons. The second-order valence-corrected chi connectivity index (χ2v) is 2.70. The van der Waals surface area contributed by atoms with Gasteiger partial charge in [-0.25, -0.2) is 4.98 Å². The Balaban J connectivity index is 2.38. The molecule has 0 unspecified atom stereocenters. The van der Waals surface area contributed by atoms with Crippen molar-refractivity contribution in [3.05, 3.63) is 30.5 Å².